The second-order valence-corrected chi connectivity index (χ2v) is 3.29. The van der Waals surface area contributed by atoms with Crippen molar-refractivity contribution in [3.8, 4) is 0 Å². The van der Waals surface area contributed by atoms with Crippen molar-refractivity contribution in [2.45, 2.75) is 19.3 Å². The van der Waals surface area contributed by atoms with Crippen LogP contribution in [0.3, 0.4) is 0 Å². The first-order chi connectivity index (χ1) is 6.16. The van der Waals surface area contributed by atoms with Crippen LogP contribution in [-0.2, 0) is 4.79 Å². The molecule has 0 aliphatic rings. The van der Waals surface area contributed by atoms with Crippen LogP contribution in [0.1, 0.15) is 24.8 Å². The minimum absolute atomic E-state index is 0.270. The predicted molar refractivity (Wildman–Crippen MR) is 53.7 cm³/mol. The van der Waals surface area contributed by atoms with Crippen LogP contribution in [0.2, 0.25) is 5.02 Å². The van der Waals surface area contributed by atoms with Crippen LogP contribution in [0.25, 0.3) is 0 Å². The molecule has 0 saturated heterocycles. The normalized spacial score (nSPS) is 12.5. The molecule has 2 nitrogen and oxygen atoms in total. The van der Waals surface area contributed by atoms with Gasteiger partial charge in [-0.15, -0.1) is 0 Å². The largest absolute Gasteiger partial charge is 0.369 e. The van der Waals surface area contributed by atoms with E-state index in [0.717, 1.165) is 5.56 Å². The molecule has 0 aromatic heterocycles. The minimum atomic E-state index is -0.324. The van der Waals surface area contributed by atoms with E-state index < -0.39 is 0 Å². The molecular weight excluding hydrogens is 186 g/mol. The van der Waals surface area contributed by atoms with Crippen LogP contribution >= 0.6 is 11.6 Å². The number of rotatable bonds is 3. The molecule has 2 N–H and O–H groups in total. The molecule has 13 heavy (non-hydrogen) atoms. The Balaban J connectivity index is 3.04. The van der Waals surface area contributed by atoms with E-state index in [4.69, 9.17) is 17.3 Å². The topological polar surface area (TPSA) is 43.1 Å². The number of hydrogen-bond acceptors (Lipinski definition) is 1. The van der Waals surface area contributed by atoms with Gasteiger partial charge in [-0.2, -0.15) is 0 Å². The molecule has 0 fully saturated rings. The SMILES string of the molecule is CCC(C(N)=O)c1ccccc1Cl. The summed E-state index contributed by atoms with van der Waals surface area (Å²) in [5.74, 6) is -0.593. The molecule has 1 aromatic carbocycles. The standard InChI is InChI=1S/C10H12ClNO/c1-2-7(10(12)13)8-5-3-4-6-9(8)11/h3-7H,2H2,1H3,(H2,12,13). The maximum Gasteiger partial charge on any atom is 0.225 e. The van der Waals surface area contributed by atoms with Gasteiger partial charge in [-0.1, -0.05) is 36.7 Å². The molecule has 0 heterocycles. The van der Waals surface area contributed by atoms with Gasteiger partial charge in [0.1, 0.15) is 0 Å². The minimum Gasteiger partial charge on any atom is -0.369 e. The third-order valence-corrected chi connectivity index (χ3v) is 2.38. The molecule has 0 aliphatic carbocycles. The van der Waals surface area contributed by atoms with E-state index in [1.54, 1.807) is 6.07 Å². The van der Waals surface area contributed by atoms with Crippen LogP contribution in [0.4, 0.5) is 0 Å². The summed E-state index contributed by atoms with van der Waals surface area (Å²) in [5, 5.41) is 0.605. The van der Waals surface area contributed by atoms with Crippen molar-refractivity contribution < 1.29 is 4.79 Å². The monoisotopic (exact) mass is 197 g/mol. The van der Waals surface area contributed by atoms with Gasteiger partial charge >= 0.3 is 0 Å². The number of halogens is 1. The Labute approximate surface area is 82.7 Å². The Bertz CT molecular complexity index is 312. The number of amides is 1. The fourth-order valence-corrected chi connectivity index (χ4v) is 1.60. The van der Waals surface area contributed by atoms with Crippen molar-refractivity contribution in [3.63, 3.8) is 0 Å². The molecule has 1 atom stereocenters. The van der Waals surface area contributed by atoms with Crippen LogP contribution in [-0.4, -0.2) is 5.91 Å². The van der Waals surface area contributed by atoms with Gasteiger partial charge in [-0.05, 0) is 18.1 Å². The van der Waals surface area contributed by atoms with Crippen molar-refractivity contribution in [2.75, 3.05) is 0 Å². The molecule has 3 heteroatoms. The fourth-order valence-electron chi connectivity index (χ4n) is 1.33. The van der Waals surface area contributed by atoms with Crippen molar-refractivity contribution in [2.24, 2.45) is 5.73 Å². The number of hydrogen-bond donors (Lipinski definition) is 1. The van der Waals surface area contributed by atoms with Crippen LogP contribution in [0.5, 0.6) is 0 Å². The van der Waals surface area contributed by atoms with Crippen molar-refractivity contribution in [1.29, 1.82) is 0 Å². The van der Waals surface area contributed by atoms with Gasteiger partial charge in [-0.3, -0.25) is 4.79 Å². The van der Waals surface area contributed by atoms with E-state index in [2.05, 4.69) is 0 Å². The molecule has 1 rings (SSSR count). The summed E-state index contributed by atoms with van der Waals surface area (Å²) in [4.78, 5) is 11.0. The molecule has 0 saturated carbocycles. The van der Waals surface area contributed by atoms with Crippen LogP contribution < -0.4 is 5.73 Å². The fraction of sp³-hybridized carbons (Fsp3) is 0.300. The van der Waals surface area contributed by atoms with Crippen molar-refractivity contribution in [1.82, 2.24) is 0 Å². The van der Waals surface area contributed by atoms with Gasteiger partial charge in [0.15, 0.2) is 0 Å². The van der Waals surface area contributed by atoms with Gasteiger partial charge in [0.05, 0.1) is 5.92 Å². The molecule has 1 aromatic rings. The molecule has 1 unspecified atom stereocenters. The van der Waals surface area contributed by atoms with E-state index in [-0.39, 0.29) is 11.8 Å². The Kier molecular flexibility index (Phi) is 3.32. The average Bonchev–Trinajstić information content (AvgIpc) is 2.09. The van der Waals surface area contributed by atoms with Gasteiger partial charge < -0.3 is 5.73 Å². The maximum atomic E-state index is 11.0. The zero-order valence-corrected chi connectivity index (χ0v) is 8.21. The molecule has 0 spiro atoms. The maximum absolute atomic E-state index is 11.0. The highest BCUT2D eigenvalue weighted by Gasteiger charge is 2.17. The first kappa shape index (κ1) is 10.1. The first-order valence-corrected chi connectivity index (χ1v) is 4.58. The van der Waals surface area contributed by atoms with Gasteiger partial charge in [0.2, 0.25) is 5.91 Å². The van der Waals surface area contributed by atoms with E-state index in [9.17, 15) is 4.79 Å². The third kappa shape index (κ3) is 2.22. The zero-order chi connectivity index (χ0) is 9.84. The smallest absolute Gasteiger partial charge is 0.225 e. The Morgan fingerprint density at radius 1 is 1.54 bits per heavy atom. The van der Waals surface area contributed by atoms with Gasteiger partial charge in [-0.25, -0.2) is 0 Å². The van der Waals surface area contributed by atoms with E-state index >= 15 is 0 Å². The Morgan fingerprint density at radius 3 is 2.62 bits per heavy atom. The summed E-state index contributed by atoms with van der Waals surface area (Å²) < 4.78 is 0. The Morgan fingerprint density at radius 2 is 2.15 bits per heavy atom. The number of carbonyl (C=O) groups is 1. The second kappa shape index (κ2) is 4.28. The lowest BCUT2D eigenvalue weighted by Crippen LogP contribution is -2.20. The number of nitrogens with two attached hydrogens (primary N) is 1. The number of carbonyl (C=O) groups excluding carboxylic acids is 1. The van der Waals surface area contributed by atoms with Crippen LogP contribution in [0, 0.1) is 0 Å². The summed E-state index contributed by atoms with van der Waals surface area (Å²) in [6.07, 6.45) is 0.680. The third-order valence-electron chi connectivity index (χ3n) is 2.03. The average molecular weight is 198 g/mol. The summed E-state index contributed by atoms with van der Waals surface area (Å²) >= 11 is 5.93. The predicted octanol–water partition coefficient (Wildman–Crippen LogP) is 2.32. The lowest BCUT2D eigenvalue weighted by atomic mass is 9.96. The summed E-state index contributed by atoms with van der Waals surface area (Å²) in [7, 11) is 0. The zero-order valence-electron chi connectivity index (χ0n) is 7.46. The lowest BCUT2D eigenvalue weighted by molar-refractivity contribution is -0.119. The quantitative estimate of drug-likeness (QED) is 0.794. The lowest BCUT2D eigenvalue weighted by Gasteiger charge is -2.12. The van der Waals surface area contributed by atoms with E-state index in [0.29, 0.717) is 11.4 Å². The second-order valence-electron chi connectivity index (χ2n) is 2.88. The molecule has 70 valence electrons. The highest BCUT2D eigenvalue weighted by molar-refractivity contribution is 6.31. The highest BCUT2D eigenvalue weighted by atomic mass is 35.5. The van der Waals surface area contributed by atoms with Crippen LogP contribution in [0.15, 0.2) is 24.3 Å². The van der Waals surface area contributed by atoms with E-state index in [1.165, 1.54) is 0 Å². The summed E-state index contributed by atoms with van der Waals surface area (Å²) in [5.41, 5.74) is 6.07. The first-order valence-electron chi connectivity index (χ1n) is 4.20. The molecule has 0 radical (unpaired) electrons. The van der Waals surface area contributed by atoms with Gasteiger partial charge in [0, 0.05) is 5.02 Å². The number of benzene rings is 1. The molecule has 0 bridgehead atoms. The number of primary amides is 1. The summed E-state index contributed by atoms with van der Waals surface area (Å²) in [6.45, 7) is 1.92. The molecule has 1 amide bonds. The molecule has 0 aliphatic heterocycles. The van der Waals surface area contributed by atoms with Crippen molar-refractivity contribution in [3.05, 3.63) is 34.9 Å². The van der Waals surface area contributed by atoms with Gasteiger partial charge in [0.25, 0.3) is 0 Å². The van der Waals surface area contributed by atoms with Crippen molar-refractivity contribution >= 4 is 17.5 Å². The molecular formula is C10H12ClNO. The highest BCUT2D eigenvalue weighted by Crippen LogP contribution is 2.26. The van der Waals surface area contributed by atoms with E-state index in [1.807, 2.05) is 25.1 Å². The Hall–Kier alpha value is -1.02. The summed E-state index contributed by atoms with van der Waals surface area (Å²) in [6, 6.07) is 7.29.